The third-order valence-corrected chi connectivity index (χ3v) is 4.03. The Morgan fingerprint density at radius 2 is 2.11 bits per heavy atom. The van der Waals surface area contributed by atoms with Gasteiger partial charge in [-0.1, -0.05) is 39.0 Å². The Hall–Kier alpha value is -1.35. The predicted octanol–water partition coefficient (Wildman–Crippen LogP) is 2.91. The molecule has 0 aromatic heterocycles. The standard InChI is InChI=1S/C16H24N2O/c1-4-12(3)13-8-6-7-9-15(13)18-11-10-14(16(18)19)17-5-2/h6-9,12,14,17H,4-5,10-11H2,1-3H3. The summed E-state index contributed by atoms with van der Waals surface area (Å²) >= 11 is 0. The van der Waals surface area contributed by atoms with E-state index in [4.69, 9.17) is 0 Å². The number of benzene rings is 1. The van der Waals surface area contributed by atoms with Crippen LogP contribution in [0.25, 0.3) is 0 Å². The zero-order chi connectivity index (χ0) is 13.8. The van der Waals surface area contributed by atoms with Crippen LogP contribution in [0.4, 0.5) is 5.69 Å². The summed E-state index contributed by atoms with van der Waals surface area (Å²) in [6.45, 7) is 8.13. The number of anilines is 1. The molecular formula is C16H24N2O. The minimum atomic E-state index is -0.00464. The quantitative estimate of drug-likeness (QED) is 0.883. The van der Waals surface area contributed by atoms with Crippen molar-refractivity contribution in [2.45, 2.75) is 45.6 Å². The smallest absolute Gasteiger partial charge is 0.244 e. The van der Waals surface area contributed by atoms with Crippen LogP contribution in [0.15, 0.2) is 24.3 Å². The summed E-state index contributed by atoms with van der Waals surface area (Å²) in [4.78, 5) is 14.4. The number of para-hydroxylation sites is 1. The number of hydrogen-bond acceptors (Lipinski definition) is 2. The first kappa shape index (κ1) is 14.1. The maximum Gasteiger partial charge on any atom is 0.244 e. The molecule has 0 bridgehead atoms. The van der Waals surface area contributed by atoms with E-state index in [0.717, 1.165) is 31.6 Å². The van der Waals surface area contributed by atoms with Crippen molar-refractivity contribution in [2.75, 3.05) is 18.0 Å². The molecule has 1 aromatic carbocycles. The molecule has 1 aliphatic heterocycles. The van der Waals surface area contributed by atoms with Crippen molar-refractivity contribution in [2.24, 2.45) is 0 Å². The first-order valence-electron chi connectivity index (χ1n) is 7.32. The molecule has 104 valence electrons. The third kappa shape index (κ3) is 2.81. The van der Waals surface area contributed by atoms with E-state index >= 15 is 0 Å². The molecule has 1 aliphatic rings. The van der Waals surface area contributed by atoms with Gasteiger partial charge in [0.2, 0.25) is 5.91 Å². The summed E-state index contributed by atoms with van der Waals surface area (Å²) in [7, 11) is 0. The van der Waals surface area contributed by atoms with Crippen molar-refractivity contribution in [3.8, 4) is 0 Å². The summed E-state index contributed by atoms with van der Waals surface area (Å²) in [6.07, 6.45) is 2.00. The summed E-state index contributed by atoms with van der Waals surface area (Å²) in [5.74, 6) is 0.708. The number of carbonyl (C=O) groups is 1. The van der Waals surface area contributed by atoms with E-state index in [0.29, 0.717) is 5.92 Å². The number of nitrogens with zero attached hydrogens (tertiary/aromatic N) is 1. The zero-order valence-corrected chi connectivity index (χ0v) is 12.1. The molecule has 2 atom stereocenters. The second-order valence-corrected chi connectivity index (χ2v) is 5.26. The monoisotopic (exact) mass is 260 g/mol. The van der Waals surface area contributed by atoms with Crippen LogP contribution in [0.5, 0.6) is 0 Å². The lowest BCUT2D eigenvalue weighted by Crippen LogP contribution is -2.38. The number of amides is 1. The van der Waals surface area contributed by atoms with Gasteiger partial charge in [-0.3, -0.25) is 4.79 Å². The van der Waals surface area contributed by atoms with Crippen LogP contribution in [0.1, 0.15) is 45.1 Å². The highest BCUT2D eigenvalue weighted by Gasteiger charge is 2.33. The number of nitrogens with one attached hydrogen (secondary N) is 1. The molecule has 1 saturated heterocycles. The van der Waals surface area contributed by atoms with Crippen LogP contribution in [0.3, 0.4) is 0 Å². The molecule has 3 heteroatoms. The van der Waals surface area contributed by atoms with Gasteiger partial charge in [0.15, 0.2) is 0 Å². The Balaban J connectivity index is 2.25. The second-order valence-electron chi connectivity index (χ2n) is 5.26. The molecule has 19 heavy (non-hydrogen) atoms. The van der Waals surface area contributed by atoms with E-state index < -0.39 is 0 Å². The van der Waals surface area contributed by atoms with E-state index in [1.807, 2.05) is 17.9 Å². The van der Waals surface area contributed by atoms with Crippen molar-refractivity contribution in [1.82, 2.24) is 5.32 Å². The van der Waals surface area contributed by atoms with Gasteiger partial charge in [-0.05, 0) is 36.9 Å². The van der Waals surface area contributed by atoms with Crippen molar-refractivity contribution in [3.05, 3.63) is 29.8 Å². The summed E-state index contributed by atoms with van der Waals surface area (Å²) < 4.78 is 0. The van der Waals surface area contributed by atoms with Gasteiger partial charge >= 0.3 is 0 Å². The molecule has 1 heterocycles. The van der Waals surface area contributed by atoms with Gasteiger partial charge in [0, 0.05) is 12.2 Å². The molecule has 0 saturated carbocycles. The Bertz CT molecular complexity index is 444. The lowest BCUT2D eigenvalue weighted by atomic mass is 9.96. The average Bonchev–Trinajstić information content (AvgIpc) is 2.80. The van der Waals surface area contributed by atoms with E-state index in [9.17, 15) is 4.79 Å². The van der Waals surface area contributed by atoms with Crippen LogP contribution in [-0.4, -0.2) is 25.0 Å². The largest absolute Gasteiger partial charge is 0.311 e. The van der Waals surface area contributed by atoms with Crippen LogP contribution in [-0.2, 0) is 4.79 Å². The van der Waals surface area contributed by atoms with Gasteiger partial charge < -0.3 is 10.2 Å². The van der Waals surface area contributed by atoms with E-state index in [2.05, 4.69) is 37.4 Å². The van der Waals surface area contributed by atoms with Crippen molar-refractivity contribution in [3.63, 3.8) is 0 Å². The lowest BCUT2D eigenvalue weighted by Gasteiger charge is -2.23. The molecule has 1 amide bonds. The number of hydrogen-bond donors (Lipinski definition) is 1. The first-order chi connectivity index (χ1) is 9.19. The molecule has 1 aromatic rings. The van der Waals surface area contributed by atoms with Gasteiger partial charge in [0.1, 0.15) is 0 Å². The molecule has 0 radical (unpaired) electrons. The van der Waals surface area contributed by atoms with Crippen LogP contribution in [0.2, 0.25) is 0 Å². The van der Waals surface area contributed by atoms with Gasteiger partial charge in [0.25, 0.3) is 0 Å². The van der Waals surface area contributed by atoms with E-state index in [1.165, 1.54) is 5.56 Å². The molecular weight excluding hydrogens is 236 g/mol. The average molecular weight is 260 g/mol. The number of rotatable bonds is 5. The molecule has 3 nitrogen and oxygen atoms in total. The zero-order valence-electron chi connectivity index (χ0n) is 12.1. The minimum Gasteiger partial charge on any atom is -0.311 e. The summed E-state index contributed by atoms with van der Waals surface area (Å²) in [5, 5.41) is 3.27. The van der Waals surface area contributed by atoms with Gasteiger partial charge in [-0.25, -0.2) is 0 Å². The fraction of sp³-hybridized carbons (Fsp3) is 0.562. The molecule has 2 rings (SSSR count). The molecule has 1 fully saturated rings. The minimum absolute atomic E-state index is 0.00464. The topological polar surface area (TPSA) is 32.3 Å². The second kappa shape index (κ2) is 6.20. The Morgan fingerprint density at radius 3 is 2.79 bits per heavy atom. The fourth-order valence-electron chi connectivity index (χ4n) is 2.72. The number of carbonyl (C=O) groups excluding carboxylic acids is 1. The highest BCUT2D eigenvalue weighted by Crippen LogP contribution is 2.31. The third-order valence-electron chi connectivity index (χ3n) is 4.03. The van der Waals surface area contributed by atoms with Crippen molar-refractivity contribution < 1.29 is 4.79 Å². The summed E-state index contributed by atoms with van der Waals surface area (Å²) in [6, 6.07) is 8.31. The van der Waals surface area contributed by atoms with Gasteiger partial charge in [-0.15, -0.1) is 0 Å². The highest BCUT2D eigenvalue weighted by molar-refractivity contribution is 6.00. The van der Waals surface area contributed by atoms with E-state index in [1.54, 1.807) is 0 Å². The SMILES string of the molecule is CCNC1CCN(c2ccccc2C(C)CC)C1=O. The van der Waals surface area contributed by atoms with Gasteiger partial charge in [-0.2, -0.15) is 0 Å². The van der Waals surface area contributed by atoms with Crippen LogP contribution in [0, 0.1) is 0 Å². The molecule has 1 N–H and O–H groups in total. The fourth-order valence-corrected chi connectivity index (χ4v) is 2.72. The maximum absolute atomic E-state index is 12.4. The predicted molar refractivity (Wildman–Crippen MR) is 79.6 cm³/mol. The van der Waals surface area contributed by atoms with Crippen LogP contribution < -0.4 is 10.2 Å². The van der Waals surface area contributed by atoms with Crippen molar-refractivity contribution >= 4 is 11.6 Å². The Morgan fingerprint density at radius 1 is 1.37 bits per heavy atom. The number of likely N-dealkylation sites (N-methyl/N-ethyl adjacent to an activating group) is 1. The highest BCUT2D eigenvalue weighted by atomic mass is 16.2. The Labute approximate surface area is 116 Å². The van der Waals surface area contributed by atoms with Crippen molar-refractivity contribution in [1.29, 1.82) is 0 Å². The molecule has 0 aliphatic carbocycles. The summed E-state index contributed by atoms with van der Waals surface area (Å²) in [5.41, 5.74) is 2.39. The van der Waals surface area contributed by atoms with Crippen LogP contribution >= 0.6 is 0 Å². The van der Waals surface area contributed by atoms with E-state index in [-0.39, 0.29) is 11.9 Å². The maximum atomic E-state index is 12.4. The Kier molecular flexibility index (Phi) is 4.59. The van der Waals surface area contributed by atoms with Gasteiger partial charge in [0.05, 0.1) is 6.04 Å². The molecule has 2 unspecified atom stereocenters. The molecule has 0 spiro atoms. The lowest BCUT2D eigenvalue weighted by molar-refractivity contribution is -0.118. The first-order valence-corrected chi connectivity index (χ1v) is 7.32. The normalized spacial score (nSPS) is 20.9.